The maximum atomic E-state index is 12.6. The third-order valence-corrected chi connectivity index (χ3v) is 4.31. The first-order valence-corrected chi connectivity index (χ1v) is 7.54. The summed E-state index contributed by atoms with van der Waals surface area (Å²) < 4.78 is 11.4. The second-order valence-electron chi connectivity index (χ2n) is 5.72. The second-order valence-corrected chi connectivity index (χ2v) is 5.72. The number of carbonyl (C=O) groups excluding carboxylic acids is 1. The largest absolute Gasteiger partial charge is 0.377 e. The van der Waals surface area contributed by atoms with Crippen molar-refractivity contribution in [2.24, 2.45) is 5.92 Å². The molecule has 1 aromatic heterocycles. The van der Waals surface area contributed by atoms with Gasteiger partial charge in [0.15, 0.2) is 0 Å². The number of morpholine rings is 1. The minimum atomic E-state index is 0.0750. The highest BCUT2D eigenvalue weighted by atomic mass is 16.5. The van der Waals surface area contributed by atoms with Crippen molar-refractivity contribution in [1.82, 2.24) is 9.88 Å². The molecular weight excluding hydrogens is 268 g/mol. The van der Waals surface area contributed by atoms with E-state index < -0.39 is 0 Å². The van der Waals surface area contributed by atoms with Gasteiger partial charge in [-0.3, -0.25) is 4.79 Å². The Morgan fingerprint density at radius 2 is 2.48 bits per heavy atom. The Labute approximate surface area is 124 Å². The lowest BCUT2D eigenvalue weighted by molar-refractivity contribution is -0.0451. The molecule has 2 fully saturated rings. The second kappa shape index (κ2) is 6.45. The number of aromatic amines is 1. The van der Waals surface area contributed by atoms with Crippen LogP contribution in [0.3, 0.4) is 0 Å². The van der Waals surface area contributed by atoms with Gasteiger partial charge < -0.3 is 19.4 Å². The average molecular weight is 290 g/mol. The van der Waals surface area contributed by atoms with Gasteiger partial charge in [-0.2, -0.15) is 0 Å². The Morgan fingerprint density at radius 3 is 3.24 bits per heavy atom. The fourth-order valence-electron chi connectivity index (χ4n) is 3.37. The molecule has 21 heavy (non-hydrogen) atoms. The van der Waals surface area contributed by atoms with Crippen LogP contribution in [0.2, 0.25) is 0 Å². The molecule has 1 unspecified atom stereocenters. The maximum absolute atomic E-state index is 12.6. The Kier molecular flexibility index (Phi) is 4.41. The van der Waals surface area contributed by atoms with Crippen molar-refractivity contribution in [3.05, 3.63) is 36.7 Å². The van der Waals surface area contributed by atoms with Crippen LogP contribution >= 0.6 is 0 Å². The van der Waals surface area contributed by atoms with Crippen LogP contribution in [0.25, 0.3) is 0 Å². The zero-order chi connectivity index (χ0) is 14.7. The zero-order valence-corrected chi connectivity index (χ0v) is 12.2. The van der Waals surface area contributed by atoms with Crippen LogP contribution in [0.1, 0.15) is 23.3 Å². The van der Waals surface area contributed by atoms with E-state index in [1.165, 1.54) is 0 Å². The number of ether oxygens (including phenoxy) is 2. The van der Waals surface area contributed by atoms with Crippen molar-refractivity contribution >= 4 is 5.91 Å². The van der Waals surface area contributed by atoms with E-state index in [4.69, 9.17) is 9.47 Å². The highest BCUT2D eigenvalue weighted by molar-refractivity contribution is 5.92. The van der Waals surface area contributed by atoms with Gasteiger partial charge in [0.05, 0.1) is 25.4 Å². The SMILES string of the molecule is C=CCOCC1C[C@@H]2OCCN(C(=O)c3ccc[nH]3)[C@H]2C1. The smallest absolute Gasteiger partial charge is 0.270 e. The molecule has 5 nitrogen and oxygen atoms in total. The van der Waals surface area contributed by atoms with E-state index in [2.05, 4.69) is 11.6 Å². The van der Waals surface area contributed by atoms with Gasteiger partial charge in [-0.1, -0.05) is 6.08 Å². The summed E-state index contributed by atoms with van der Waals surface area (Å²) in [5.41, 5.74) is 0.655. The number of fused-ring (bicyclic) bond motifs is 1. The highest BCUT2D eigenvalue weighted by Crippen LogP contribution is 2.35. The Hall–Kier alpha value is -1.59. The minimum absolute atomic E-state index is 0.0750. The molecule has 2 heterocycles. The van der Waals surface area contributed by atoms with Crippen LogP contribution in [0.4, 0.5) is 0 Å². The summed E-state index contributed by atoms with van der Waals surface area (Å²) in [6.45, 7) is 6.24. The molecule has 1 N–H and O–H groups in total. The van der Waals surface area contributed by atoms with Crippen LogP contribution in [-0.2, 0) is 9.47 Å². The van der Waals surface area contributed by atoms with Crippen molar-refractivity contribution in [3.8, 4) is 0 Å². The lowest BCUT2D eigenvalue weighted by atomic mass is 10.1. The normalized spacial score (nSPS) is 28.4. The molecule has 1 saturated heterocycles. The van der Waals surface area contributed by atoms with Crippen LogP contribution in [0.5, 0.6) is 0 Å². The lowest BCUT2D eigenvalue weighted by Gasteiger charge is -2.37. The molecule has 0 aromatic carbocycles. The number of carbonyl (C=O) groups is 1. The van der Waals surface area contributed by atoms with Crippen LogP contribution in [0.15, 0.2) is 31.0 Å². The highest BCUT2D eigenvalue weighted by Gasteiger charge is 2.43. The Balaban J connectivity index is 1.64. The summed E-state index contributed by atoms with van der Waals surface area (Å²) in [5.74, 6) is 0.531. The zero-order valence-electron chi connectivity index (χ0n) is 12.2. The van der Waals surface area contributed by atoms with E-state index in [0.29, 0.717) is 38.0 Å². The van der Waals surface area contributed by atoms with E-state index in [1.807, 2.05) is 17.0 Å². The standard InChI is InChI=1S/C16H22N2O3/c1-2-7-20-11-12-9-14-15(10-12)21-8-6-18(14)16(19)13-4-3-5-17-13/h2-5,12,14-15,17H,1,6-11H2/t12?,14-,15-/m0/s1. The minimum Gasteiger partial charge on any atom is -0.377 e. The molecule has 2 aliphatic rings. The lowest BCUT2D eigenvalue weighted by Crippen LogP contribution is -2.51. The van der Waals surface area contributed by atoms with E-state index >= 15 is 0 Å². The number of aromatic nitrogens is 1. The average Bonchev–Trinajstić information content (AvgIpc) is 3.15. The summed E-state index contributed by atoms with van der Waals surface area (Å²) in [4.78, 5) is 17.5. The number of nitrogens with one attached hydrogen (secondary N) is 1. The first-order valence-electron chi connectivity index (χ1n) is 7.54. The van der Waals surface area contributed by atoms with Crippen LogP contribution < -0.4 is 0 Å². The molecule has 0 bridgehead atoms. The van der Waals surface area contributed by atoms with Crippen molar-refractivity contribution < 1.29 is 14.3 Å². The van der Waals surface area contributed by atoms with Crippen LogP contribution in [-0.4, -0.2) is 54.3 Å². The summed E-state index contributed by atoms with van der Waals surface area (Å²) in [6, 6.07) is 3.85. The topological polar surface area (TPSA) is 54.6 Å². The van der Waals surface area contributed by atoms with Crippen molar-refractivity contribution in [1.29, 1.82) is 0 Å². The number of amides is 1. The molecule has 0 radical (unpaired) electrons. The Morgan fingerprint density at radius 1 is 1.57 bits per heavy atom. The molecule has 1 saturated carbocycles. The van der Waals surface area contributed by atoms with Gasteiger partial charge in [0.2, 0.25) is 0 Å². The third kappa shape index (κ3) is 3.04. The molecule has 3 atom stereocenters. The van der Waals surface area contributed by atoms with Gasteiger partial charge in [0.25, 0.3) is 5.91 Å². The first kappa shape index (κ1) is 14.4. The van der Waals surface area contributed by atoms with E-state index in [-0.39, 0.29) is 18.1 Å². The predicted octanol–water partition coefficient (Wildman–Crippen LogP) is 1.84. The maximum Gasteiger partial charge on any atom is 0.270 e. The molecule has 0 spiro atoms. The first-order chi connectivity index (χ1) is 10.3. The Bertz CT molecular complexity index is 486. The molecule has 1 amide bonds. The third-order valence-electron chi connectivity index (χ3n) is 4.31. The van der Waals surface area contributed by atoms with E-state index in [1.54, 1.807) is 12.3 Å². The van der Waals surface area contributed by atoms with Crippen molar-refractivity contribution in [3.63, 3.8) is 0 Å². The van der Waals surface area contributed by atoms with Gasteiger partial charge in [0, 0.05) is 19.3 Å². The molecule has 3 rings (SSSR count). The van der Waals surface area contributed by atoms with E-state index in [0.717, 1.165) is 12.8 Å². The molecule has 1 aromatic rings. The summed E-state index contributed by atoms with van der Waals surface area (Å²) in [5, 5.41) is 0. The van der Waals surface area contributed by atoms with Gasteiger partial charge in [-0.05, 0) is 30.9 Å². The fraction of sp³-hybridized carbons (Fsp3) is 0.562. The van der Waals surface area contributed by atoms with Crippen molar-refractivity contribution in [2.45, 2.75) is 25.0 Å². The molecule has 5 heteroatoms. The number of hydrogen-bond donors (Lipinski definition) is 1. The monoisotopic (exact) mass is 290 g/mol. The van der Waals surface area contributed by atoms with Gasteiger partial charge in [-0.15, -0.1) is 6.58 Å². The van der Waals surface area contributed by atoms with Crippen LogP contribution in [0, 0.1) is 5.92 Å². The van der Waals surface area contributed by atoms with Gasteiger partial charge >= 0.3 is 0 Å². The van der Waals surface area contributed by atoms with Crippen molar-refractivity contribution in [2.75, 3.05) is 26.4 Å². The molecule has 1 aliphatic carbocycles. The molecule has 1 aliphatic heterocycles. The summed E-state index contributed by atoms with van der Waals surface area (Å²) in [7, 11) is 0. The fourth-order valence-corrected chi connectivity index (χ4v) is 3.37. The number of nitrogens with zero attached hydrogens (tertiary/aromatic N) is 1. The number of rotatable bonds is 5. The summed E-state index contributed by atoms with van der Waals surface area (Å²) in [6.07, 6.45) is 5.62. The van der Waals surface area contributed by atoms with E-state index in [9.17, 15) is 4.79 Å². The quantitative estimate of drug-likeness (QED) is 0.665. The predicted molar refractivity (Wildman–Crippen MR) is 79.1 cm³/mol. The molecule has 114 valence electrons. The molecular formula is C16H22N2O3. The number of hydrogen-bond acceptors (Lipinski definition) is 3. The van der Waals surface area contributed by atoms with Gasteiger partial charge in [-0.25, -0.2) is 0 Å². The summed E-state index contributed by atoms with van der Waals surface area (Å²) >= 11 is 0. The number of H-pyrrole nitrogens is 1. The van der Waals surface area contributed by atoms with Gasteiger partial charge in [0.1, 0.15) is 5.69 Å².